The number of benzene rings is 1. The Balaban J connectivity index is 1.60. The lowest BCUT2D eigenvalue weighted by Crippen LogP contribution is -2.39. The van der Waals surface area contributed by atoms with Crippen molar-refractivity contribution in [1.82, 2.24) is 9.88 Å². The number of amides is 1. The van der Waals surface area contributed by atoms with Gasteiger partial charge in [-0.2, -0.15) is 0 Å². The summed E-state index contributed by atoms with van der Waals surface area (Å²) < 4.78 is 6.44. The molecule has 8 nitrogen and oxygen atoms in total. The third-order valence-corrected chi connectivity index (χ3v) is 7.29. The van der Waals surface area contributed by atoms with Crippen molar-refractivity contribution < 1.29 is 14.5 Å². The van der Waals surface area contributed by atoms with Gasteiger partial charge in [-0.15, -0.1) is 0 Å². The average molecular weight is 461 g/mol. The Kier molecular flexibility index (Phi) is 6.61. The molecule has 1 saturated heterocycles. The maximum absolute atomic E-state index is 13.3. The van der Waals surface area contributed by atoms with Gasteiger partial charge in [0.25, 0.3) is 5.91 Å². The molecule has 10 heteroatoms. The van der Waals surface area contributed by atoms with Crippen LogP contribution in [0, 0.1) is 24.0 Å². The highest BCUT2D eigenvalue weighted by molar-refractivity contribution is 7.22. The highest BCUT2D eigenvalue weighted by Gasteiger charge is 2.25. The van der Waals surface area contributed by atoms with E-state index in [0.717, 1.165) is 71.9 Å². The summed E-state index contributed by atoms with van der Waals surface area (Å²) in [6.45, 7) is 8.68. The van der Waals surface area contributed by atoms with E-state index >= 15 is 0 Å². The standard InChI is InChI=1S/C21H24N4O4S2/c1-14-12-15(2)19-17(13-14)31-21(22-19)24(7-3-6-23-8-10-29-11-9-23)20(26)16-4-5-18(30-16)25(27)28/h4-5,12-13H,3,6-11H2,1-2H3. The number of carbonyl (C=O) groups excluding carboxylic acids is 1. The lowest BCUT2D eigenvalue weighted by atomic mass is 10.1. The number of nitrogens with zero attached hydrogens (tertiary/aromatic N) is 4. The van der Waals surface area contributed by atoms with Crippen LogP contribution < -0.4 is 4.90 Å². The Bertz CT molecular complexity index is 1100. The minimum atomic E-state index is -0.464. The minimum Gasteiger partial charge on any atom is -0.379 e. The molecule has 2 aromatic heterocycles. The highest BCUT2D eigenvalue weighted by atomic mass is 32.1. The van der Waals surface area contributed by atoms with Crippen LogP contribution in [0.15, 0.2) is 24.3 Å². The Hall–Kier alpha value is -2.40. The van der Waals surface area contributed by atoms with E-state index in [0.29, 0.717) is 16.6 Å². The number of aryl methyl sites for hydroxylation is 2. The molecule has 1 aliphatic rings. The van der Waals surface area contributed by atoms with E-state index in [-0.39, 0.29) is 10.9 Å². The van der Waals surface area contributed by atoms with Gasteiger partial charge in [0.1, 0.15) is 0 Å². The Morgan fingerprint density at radius 2 is 2.03 bits per heavy atom. The number of anilines is 1. The van der Waals surface area contributed by atoms with E-state index in [4.69, 9.17) is 9.72 Å². The third kappa shape index (κ3) is 4.93. The summed E-state index contributed by atoms with van der Waals surface area (Å²) in [6, 6.07) is 7.08. The van der Waals surface area contributed by atoms with Gasteiger partial charge in [0.15, 0.2) is 5.13 Å². The van der Waals surface area contributed by atoms with Crippen molar-refractivity contribution >= 4 is 48.9 Å². The predicted octanol–water partition coefficient (Wildman–Crippen LogP) is 4.25. The summed E-state index contributed by atoms with van der Waals surface area (Å²) in [7, 11) is 0. The molecule has 0 aliphatic carbocycles. The number of morpholine rings is 1. The lowest BCUT2D eigenvalue weighted by molar-refractivity contribution is -0.380. The van der Waals surface area contributed by atoms with Crippen molar-refractivity contribution in [2.24, 2.45) is 0 Å². The smallest absolute Gasteiger partial charge is 0.324 e. The van der Waals surface area contributed by atoms with Crippen LogP contribution in [0.4, 0.5) is 10.1 Å². The second-order valence-corrected chi connectivity index (χ2v) is 9.66. The largest absolute Gasteiger partial charge is 0.379 e. The summed E-state index contributed by atoms with van der Waals surface area (Å²) in [4.78, 5) is 33.1. The topological polar surface area (TPSA) is 88.8 Å². The highest BCUT2D eigenvalue weighted by Crippen LogP contribution is 2.34. The van der Waals surface area contributed by atoms with E-state index < -0.39 is 4.92 Å². The Morgan fingerprint density at radius 1 is 1.26 bits per heavy atom. The fourth-order valence-electron chi connectivity index (χ4n) is 3.71. The zero-order valence-electron chi connectivity index (χ0n) is 17.5. The number of nitro groups is 1. The first kappa shape index (κ1) is 21.8. The molecule has 0 spiro atoms. The molecular weight excluding hydrogens is 436 g/mol. The predicted molar refractivity (Wildman–Crippen MR) is 124 cm³/mol. The van der Waals surface area contributed by atoms with Crippen molar-refractivity contribution in [3.63, 3.8) is 0 Å². The Labute approximate surface area is 188 Å². The SMILES string of the molecule is Cc1cc(C)c2nc(N(CCCN3CCOCC3)C(=O)c3ccc([N+](=O)[O-])s3)sc2c1. The number of thiophene rings is 1. The summed E-state index contributed by atoms with van der Waals surface area (Å²) in [5, 5.41) is 11.7. The summed E-state index contributed by atoms with van der Waals surface area (Å²) >= 11 is 2.39. The van der Waals surface area contributed by atoms with Crippen LogP contribution in [0.3, 0.4) is 0 Å². The number of carbonyl (C=O) groups is 1. The van der Waals surface area contributed by atoms with Crippen molar-refractivity contribution in [2.45, 2.75) is 20.3 Å². The molecule has 0 radical (unpaired) electrons. The van der Waals surface area contributed by atoms with Gasteiger partial charge < -0.3 is 4.74 Å². The first-order chi connectivity index (χ1) is 14.9. The molecule has 1 aromatic carbocycles. The van der Waals surface area contributed by atoms with Crippen LogP contribution in [0.25, 0.3) is 10.2 Å². The second kappa shape index (κ2) is 9.39. The number of hydrogen-bond acceptors (Lipinski definition) is 8. The monoisotopic (exact) mass is 460 g/mol. The molecule has 0 N–H and O–H groups in total. The molecular formula is C21H24N4O4S2. The van der Waals surface area contributed by atoms with E-state index in [2.05, 4.69) is 17.0 Å². The van der Waals surface area contributed by atoms with Gasteiger partial charge in [-0.05, 0) is 43.5 Å². The molecule has 1 aliphatic heterocycles. The van der Waals surface area contributed by atoms with Crippen LogP contribution in [0.5, 0.6) is 0 Å². The van der Waals surface area contributed by atoms with Crippen LogP contribution in [0.2, 0.25) is 0 Å². The van der Waals surface area contributed by atoms with Crippen LogP contribution >= 0.6 is 22.7 Å². The molecule has 0 unspecified atom stereocenters. The van der Waals surface area contributed by atoms with Gasteiger partial charge in [0.05, 0.1) is 33.2 Å². The van der Waals surface area contributed by atoms with Crippen LogP contribution in [-0.4, -0.2) is 60.1 Å². The normalized spacial score (nSPS) is 14.8. The van der Waals surface area contributed by atoms with E-state index in [9.17, 15) is 14.9 Å². The molecule has 3 aromatic rings. The third-order valence-electron chi connectivity index (χ3n) is 5.24. The molecule has 1 amide bonds. The first-order valence-corrected chi connectivity index (χ1v) is 11.8. The maximum Gasteiger partial charge on any atom is 0.324 e. The van der Waals surface area contributed by atoms with E-state index in [1.54, 1.807) is 4.90 Å². The van der Waals surface area contributed by atoms with Gasteiger partial charge in [-0.3, -0.25) is 24.7 Å². The summed E-state index contributed by atoms with van der Waals surface area (Å²) in [6.07, 6.45) is 0.785. The first-order valence-electron chi connectivity index (χ1n) is 10.2. The number of ether oxygens (including phenoxy) is 1. The number of thiazole rings is 1. The summed E-state index contributed by atoms with van der Waals surface area (Å²) in [5.41, 5.74) is 3.12. The number of aromatic nitrogens is 1. The Morgan fingerprint density at radius 3 is 2.74 bits per heavy atom. The van der Waals surface area contributed by atoms with Gasteiger partial charge in [0.2, 0.25) is 0 Å². The van der Waals surface area contributed by atoms with Crippen molar-refractivity contribution in [1.29, 1.82) is 0 Å². The van der Waals surface area contributed by atoms with Gasteiger partial charge in [-0.1, -0.05) is 28.7 Å². The lowest BCUT2D eigenvalue weighted by Gasteiger charge is -2.27. The van der Waals surface area contributed by atoms with Gasteiger partial charge >= 0.3 is 5.00 Å². The molecule has 1 fully saturated rings. The molecule has 0 saturated carbocycles. The molecule has 31 heavy (non-hydrogen) atoms. The fourth-order valence-corrected chi connectivity index (χ4v) is 5.65. The molecule has 0 bridgehead atoms. The number of hydrogen-bond donors (Lipinski definition) is 0. The fraction of sp³-hybridized carbons (Fsp3) is 0.429. The van der Waals surface area contributed by atoms with E-state index in [1.165, 1.54) is 23.5 Å². The summed E-state index contributed by atoms with van der Waals surface area (Å²) in [5.74, 6) is -0.242. The zero-order chi connectivity index (χ0) is 22.0. The quantitative estimate of drug-likeness (QED) is 0.387. The maximum atomic E-state index is 13.3. The molecule has 4 rings (SSSR count). The molecule has 164 valence electrons. The second-order valence-electron chi connectivity index (χ2n) is 7.58. The average Bonchev–Trinajstić information content (AvgIpc) is 3.39. The van der Waals surface area contributed by atoms with Gasteiger partial charge in [-0.25, -0.2) is 4.98 Å². The van der Waals surface area contributed by atoms with E-state index in [1.807, 2.05) is 13.8 Å². The zero-order valence-corrected chi connectivity index (χ0v) is 19.1. The number of fused-ring (bicyclic) bond motifs is 1. The van der Waals surface area contributed by atoms with Crippen molar-refractivity contribution in [3.05, 3.63) is 50.4 Å². The van der Waals surface area contributed by atoms with Crippen LogP contribution in [-0.2, 0) is 4.74 Å². The minimum absolute atomic E-state index is 0.0348. The molecule has 3 heterocycles. The molecule has 0 atom stereocenters. The van der Waals surface area contributed by atoms with Gasteiger partial charge in [0, 0.05) is 32.2 Å². The number of rotatable bonds is 7. The van der Waals surface area contributed by atoms with Crippen molar-refractivity contribution in [3.8, 4) is 0 Å². The van der Waals surface area contributed by atoms with Crippen molar-refractivity contribution in [2.75, 3.05) is 44.3 Å². The van der Waals surface area contributed by atoms with Crippen LogP contribution in [0.1, 0.15) is 27.2 Å².